The van der Waals surface area contributed by atoms with Crippen LogP contribution >= 0.6 is 11.3 Å². The van der Waals surface area contributed by atoms with Gasteiger partial charge in [0.15, 0.2) is 0 Å². The highest BCUT2D eigenvalue weighted by atomic mass is 32.1. The molecule has 4 heteroatoms. The number of anilines is 1. The summed E-state index contributed by atoms with van der Waals surface area (Å²) >= 11 is 1.45. The van der Waals surface area contributed by atoms with Crippen molar-refractivity contribution in [2.45, 2.75) is 27.2 Å². The van der Waals surface area contributed by atoms with Crippen LogP contribution in [0.25, 0.3) is 0 Å². The minimum atomic E-state index is -0.340. The Morgan fingerprint density at radius 3 is 2.70 bits per heavy atom. The maximum atomic E-state index is 11.7. The summed E-state index contributed by atoms with van der Waals surface area (Å²) < 4.78 is 5.00. The predicted octanol–water partition coefficient (Wildman–Crippen LogP) is 3.71. The molecule has 0 aliphatic heterocycles. The van der Waals surface area contributed by atoms with Gasteiger partial charge in [-0.15, -0.1) is 11.3 Å². The third-order valence-corrected chi connectivity index (χ3v) is 4.13. The highest BCUT2D eigenvalue weighted by Crippen LogP contribution is 2.28. The Kier molecular flexibility index (Phi) is 4.45. The molecule has 1 aromatic carbocycles. The maximum absolute atomic E-state index is 11.7. The number of nitrogens with two attached hydrogens (primary N) is 1. The van der Waals surface area contributed by atoms with Gasteiger partial charge in [0.05, 0.1) is 12.2 Å². The Balaban J connectivity index is 2.22. The number of aryl methyl sites for hydroxylation is 2. The largest absolute Gasteiger partial charge is 0.462 e. The number of benzene rings is 1. The second-order valence-electron chi connectivity index (χ2n) is 4.82. The number of carbonyl (C=O) groups is 1. The summed E-state index contributed by atoms with van der Waals surface area (Å²) in [6.07, 6.45) is 0.792. The first-order valence-corrected chi connectivity index (χ1v) is 7.44. The molecule has 3 nitrogen and oxygen atoms in total. The third kappa shape index (κ3) is 3.20. The predicted molar refractivity (Wildman–Crippen MR) is 83.4 cm³/mol. The average Bonchev–Trinajstić information content (AvgIpc) is 2.74. The molecule has 20 heavy (non-hydrogen) atoms. The number of thiophene rings is 1. The Morgan fingerprint density at radius 1 is 1.30 bits per heavy atom. The summed E-state index contributed by atoms with van der Waals surface area (Å²) in [6.45, 7) is 6.34. The molecular weight excluding hydrogens is 270 g/mol. The molecule has 106 valence electrons. The van der Waals surface area contributed by atoms with E-state index in [1.54, 1.807) is 6.92 Å². The van der Waals surface area contributed by atoms with E-state index in [2.05, 4.69) is 32.0 Å². The van der Waals surface area contributed by atoms with E-state index in [-0.39, 0.29) is 5.97 Å². The van der Waals surface area contributed by atoms with E-state index in [0.717, 1.165) is 11.3 Å². The van der Waals surface area contributed by atoms with Crippen LogP contribution in [0.5, 0.6) is 0 Å². The van der Waals surface area contributed by atoms with Gasteiger partial charge in [0, 0.05) is 11.3 Å². The summed E-state index contributed by atoms with van der Waals surface area (Å²) in [5, 5.41) is 0.531. The summed E-state index contributed by atoms with van der Waals surface area (Å²) in [5.41, 5.74) is 10.2. The molecule has 2 rings (SSSR count). The molecule has 0 aliphatic carbocycles. The van der Waals surface area contributed by atoms with Crippen molar-refractivity contribution in [3.8, 4) is 0 Å². The first-order chi connectivity index (χ1) is 9.51. The van der Waals surface area contributed by atoms with Crippen LogP contribution in [0.3, 0.4) is 0 Å². The third-order valence-electron chi connectivity index (χ3n) is 3.17. The smallest absolute Gasteiger partial charge is 0.341 e. The van der Waals surface area contributed by atoms with Crippen molar-refractivity contribution in [2.75, 3.05) is 12.3 Å². The van der Waals surface area contributed by atoms with Gasteiger partial charge in [-0.2, -0.15) is 0 Å². The molecule has 0 atom stereocenters. The zero-order valence-corrected chi connectivity index (χ0v) is 12.8. The van der Waals surface area contributed by atoms with E-state index in [1.165, 1.54) is 28.0 Å². The molecule has 0 amide bonds. The van der Waals surface area contributed by atoms with E-state index in [9.17, 15) is 4.79 Å². The van der Waals surface area contributed by atoms with Crippen LogP contribution < -0.4 is 5.73 Å². The molecule has 1 aromatic heterocycles. The molecule has 2 aromatic rings. The van der Waals surface area contributed by atoms with Crippen molar-refractivity contribution in [3.63, 3.8) is 0 Å². The SMILES string of the molecule is CCOC(=O)c1cc(Cc2ccc(C)cc2C)sc1N. The number of rotatable bonds is 4. The van der Waals surface area contributed by atoms with Crippen molar-refractivity contribution in [2.24, 2.45) is 0 Å². The topological polar surface area (TPSA) is 52.3 Å². The summed E-state index contributed by atoms with van der Waals surface area (Å²) in [4.78, 5) is 12.8. The van der Waals surface area contributed by atoms with Crippen LogP contribution in [0, 0.1) is 13.8 Å². The quantitative estimate of drug-likeness (QED) is 0.873. The lowest BCUT2D eigenvalue weighted by Crippen LogP contribution is -2.05. The molecule has 0 saturated carbocycles. The number of nitrogen functional groups attached to an aromatic ring is 1. The monoisotopic (exact) mass is 289 g/mol. The van der Waals surface area contributed by atoms with E-state index < -0.39 is 0 Å². The first-order valence-electron chi connectivity index (χ1n) is 6.62. The van der Waals surface area contributed by atoms with Crippen LogP contribution in [0.1, 0.15) is 38.8 Å². The standard InChI is InChI=1S/C16H19NO2S/c1-4-19-16(18)14-9-13(20-15(14)17)8-12-6-5-10(2)7-11(12)3/h5-7,9H,4,8,17H2,1-3H3. The van der Waals surface area contributed by atoms with Crippen LogP contribution in [0.2, 0.25) is 0 Å². The van der Waals surface area contributed by atoms with Gasteiger partial charge < -0.3 is 10.5 Å². The molecule has 1 heterocycles. The lowest BCUT2D eigenvalue weighted by Gasteiger charge is -2.05. The van der Waals surface area contributed by atoms with Gasteiger partial charge in [-0.05, 0) is 38.0 Å². The molecule has 2 N–H and O–H groups in total. The number of hydrogen-bond acceptors (Lipinski definition) is 4. The molecule has 0 bridgehead atoms. The van der Waals surface area contributed by atoms with Crippen LogP contribution in [-0.4, -0.2) is 12.6 Å². The number of carbonyl (C=O) groups excluding carboxylic acids is 1. The number of ether oxygens (including phenoxy) is 1. The van der Waals surface area contributed by atoms with E-state index in [4.69, 9.17) is 10.5 Å². The summed E-state index contributed by atoms with van der Waals surface area (Å²) in [5.74, 6) is -0.340. The normalized spacial score (nSPS) is 10.6. The molecule has 0 radical (unpaired) electrons. The highest BCUT2D eigenvalue weighted by Gasteiger charge is 2.15. The summed E-state index contributed by atoms with van der Waals surface area (Å²) in [6, 6.07) is 8.24. The minimum absolute atomic E-state index is 0.340. The van der Waals surface area contributed by atoms with E-state index >= 15 is 0 Å². The van der Waals surface area contributed by atoms with Crippen molar-refractivity contribution < 1.29 is 9.53 Å². The Hall–Kier alpha value is -1.81. The molecule has 0 aliphatic rings. The van der Waals surface area contributed by atoms with Crippen molar-refractivity contribution in [1.82, 2.24) is 0 Å². The zero-order chi connectivity index (χ0) is 14.7. The summed E-state index contributed by atoms with van der Waals surface area (Å²) in [7, 11) is 0. The Morgan fingerprint density at radius 2 is 2.05 bits per heavy atom. The molecule has 0 fully saturated rings. The first kappa shape index (κ1) is 14.6. The van der Waals surface area contributed by atoms with Crippen LogP contribution in [-0.2, 0) is 11.2 Å². The van der Waals surface area contributed by atoms with Gasteiger partial charge in [0.1, 0.15) is 5.00 Å². The fraction of sp³-hybridized carbons (Fsp3) is 0.312. The van der Waals surface area contributed by atoms with Gasteiger partial charge in [-0.1, -0.05) is 23.8 Å². The van der Waals surface area contributed by atoms with Gasteiger partial charge >= 0.3 is 5.97 Å². The average molecular weight is 289 g/mol. The van der Waals surface area contributed by atoms with Crippen LogP contribution in [0.15, 0.2) is 24.3 Å². The molecular formula is C16H19NO2S. The van der Waals surface area contributed by atoms with Crippen LogP contribution in [0.4, 0.5) is 5.00 Å². The van der Waals surface area contributed by atoms with Gasteiger partial charge in [-0.25, -0.2) is 4.79 Å². The second-order valence-corrected chi connectivity index (χ2v) is 5.99. The van der Waals surface area contributed by atoms with E-state index in [1.807, 2.05) is 6.07 Å². The molecule has 0 unspecified atom stereocenters. The molecule has 0 saturated heterocycles. The second kappa shape index (κ2) is 6.09. The fourth-order valence-corrected chi connectivity index (χ4v) is 3.08. The lowest BCUT2D eigenvalue weighted by molar-refractivity contribution is 0.0528. The van der Waals surface area contributed by atoms with Gasteiger partial charge in [-0.3, -0.25) is 0 Å². The fourth-order valence-electron chi connectivity index (χ4n) is 2.15. The number of hydrogen-bond donors (Lipinski definition) is 1. The zero-order valence-electron chi connectivity index (χ0n) is 12.0. The van der Waals surface area contributed by atoms with Crippen molar-refractivity contribution in [1.29, 1.82) is 0 Å². The maximum Gasteiger partial charge on any atom is 0.341 e. The van der Waals surface area contributed by atoms with Crippen molar-refractivity contribution >= 4 is 22.3 Å². The van der Waals surface area contributed by atoms with E-state index in [0.29, 0.717) is 17.2 Å². The van der Waals surface area contributed by atoms with Crippen molar-refractivity contribution in [3.05, 3.63) is 51.4 Å². The lowest BCUT2D eigenvalue weighted by atomic mass is 10.0. The molecule has 0 spiro atoms. The number of esters is 1. The van der Waals surface area contributed by atoms with Gasteiger partial charge in [0.25, 0.3) is 0 Å². The Bertz CT molecular complexity index is 631. The minimum Gasteiger partial charge on any atom is -0.462 e. The Labute approximate surface area is 123 Å². The highest BCUT2D eigenvalue weighted by molar-refractivity contribution is 7.16. The van der Waals surface area contributed by atoms with Gasteiger partial charge in [0.2, 0.25) is 0 Å².